The number of aliphatic imine (C=N–C) groups is 1. The standard InChI is InChI=1S/C42H62N10O9S/c1-25(2)21-32(51-37(56)29-11-7-18-45-29)36(55)47-24-35(54)48-33(23-27-13-15-28(53)16-14-27)39(58)49-30(17-20-62-3)38(57)52-34(22-26-9-5-4-6-10-26)40(59)50-31(41(60)61)12-8-19-46-42(43)44/h4-6,9-10,13-16,25,29-34,45,53H,7-8,11-12,17-24H2,1-3H3,(H,47,55)(H,48,54)(H,49,58)(H,50,59)(H,51,56)(H,52,57)(H,60,61)(H4,43,44,46). The van der Waals surface area contributed by atoms with E-state index in [0.717, 1.165) is 6.42 Å². The number of phenols is 1. The van der Waals surface area contributed by atoms with E-state index in [9.17, 15) is 43.8 Å². The average molecular weight is 883 g/mol. The van der Waals surface area contributed by atoms with E-state index in [-0.39, 0.29) is 62.2 Å². The first-order chi connectivity index (χ1) is 29.6. The number of carbonyl (C=O) groups is 7. The zero-order valence-electron chi connectivity index (χ0n) is 35.5. The van der Waals surface area contributed by atoms with Crippen LogP contribution in [0.15, 0.2) is 59.6 Å². The van der Waals surface area contributed by atoms with Gasteiger partial charge in [0.05, 0.1) is 12.6 Å². The monoisotopic (exact) mass is 882 g/mol. The smallest absolute Gasteiger partial charge is 0.326 e. The lowest BCUT2D eigenvalue weighted by Crippen LogP contribution is -2.59. The van der Waals surface area contributed by atoms with Crippen LogP contribution in [0.25, 0.3) is 0 Å². The predicted octanol–water partition coefficient (Wildman–Crippen LogP) is -0.593. The largest absolute Gasteiger partial charge is 0.508 e. The zero-order chi connectivity index (χ0) is 45.6. The number of nitrogens with two attached hydrogens (primary N) is 2. The van der Waals surface area contributed by atoms with Gasteiger partial charge >= 0.3 is 5.97 Å². The molecular formula is C42H62N10O9S. The maximum Gasteiger partial charge on any atom is 0.326 e. The van der Waals surface area contributed by atoms with Crippen molar-refractivity contribution >= 4 is 59.1 Å². The van der Waals surface area contributed by atoms with E-state index in [1.807, 2.05) is 20.1 Å². The molecule has 2 aromatic rings. The van der Waals surface area contributed by atoms with Crippen LogP contribution in [0.3, 0.4) is 0 Å². The summed E-state index contributed by atoms with van der Waals surface area (Å²) in [6.45, 7) is 4.12. The van der Waals surface area contributed by atoms with E-state index >= 15 is 0 Å². The number of nitrogens with one attached hydrogen (secondary N) is 7. The number of guanidine groups is 1. The van der Waals surface area contributed by atoms with Crippen LogP contribution in [0.5, 0.6) is 5.75 Å². The number of benzene rings is 2. The van der Waals surface area contributed by atoms with Gasteiger partial charge in [0, 0.05) is 19.4 Å². The van der Waals surface area contributed by atoms with Gasteiger partial charge < -0.3 is 58.9 Å². The topological polar surface area (TPSA) is 309 Å². The van der Waals surface area contributed by atoms with Crippen LogP contribution in [0.2, 0.25) is 0 Å². The van der Waals surface area contributed by atoms with E-state index in [1.54, 1.807) is 42.5 Å². The number of phenolic OH excluding ortho intramolecular Hbond substituents is 1. The number of aromatic hydroxyl groups is 1. The van der Waals surface area contributed by atoms with Crippen molar-refractivity contribution in [2.75, 3.05) is 31.6 Å². The Bertz CT molecular complexity index is 1820. The van der Waals surface area contributed by atoms with Crippen molar-refractivity contribution in [2.45, 2.75) is 101 Å². The number of nitrogens with zero attached hydrogens (tertiary/aromatic N) is 1. The molecule has 6 amide bonds. The van der Waals surface area contributed by atoms with E-state index in [2.05, 4.69) is 42.2 Å². The van der Waals surface area contributed by atoms with Crippen LogP contribution in [-0.4, -0.2) is 125 Å². The van der Waals surface area contributed by atoms with Crippen LogP contribution in [0, 0.1) is 5.92 Å². The highest BCUT2D eigenvalue weighted by atomic mass is 32.2. The maximum absolute atomic E-state index is 14.1. The van der Waals surface area contributed by atoms with Gasteiger partial charge in [0.2, 0.25) is 35.4 Å². The normalized spacial score (nSPS) is 15.8. The number of hydrogen-bond acceptors (Lipinski definition) is 11. The van der Waals surface area contributed by atoms with Crippen molar-refractivity contribution in [1.29, 1.82) is 0 Å². The lowest BCUT2D eigenvalue weighted by molar-refractivity contribution is -0.142. The molecule has 0 aromatic heterocycles. The SMILES string of the molecule is CSCCC(NC(=O)C(Cc1ccc(O)cc1)NC(=O)CNC(=O)C(CC(C)C)NC(=O)C1CCCN1)C(=O)NC(Cc1ccccc1)C(=O)NC(CCCN=C(N)N)C(=O)O. The van der Waals surface area contributed by atoms with E-state index in [0.29, 0.717) is 36.3 Å². The van der Waals surface area contributed by atoms with Crippen molar-refractivity contribution in [1.82, 2.24) is 37.2 Å². The Morgan fingerprint density at radius 2 is 1.37 bits per heavy atom. The second-order valence-corrected chi connectivity index (χ2v) is 16.5. The molecule has 13 N–H and O–H groups in total. The average Bonchev–Trinajstić information content (AvgIpc) is 3.78. The van der Waals surface area contributed by atoms with Gasteiger partial charge in [-0.3, -0.25) is 33.8 Å². The third kappa shape index (κ3) is 18.4. The summed E-state index contributed by atoms with van der Waals surface area (Å²) < 4.78 is 0. The first-order valence-electron chi connectivity index (χ1n) is 20.7. The molecule has 1 fully saturated rings. The highest BCUT2D eigenvalue weighted by Crippen LogP contribution is 2.14. The van der Waals surface area contributed by atoms with Crippen LogP contribution in [0.4, 0.5) is 0 Å². The minimum absolute atomic E-state index is 0.00130. The molecule has 0 spiro atoms. The third-order valence-electron chi connectivity index (χ3n) is 9.89. The van der Waals surface area contributed by atoms with Crippen molar-refractivity contribution in [3.63, 3.8) is 0 Å². The highest BCUT2D eigenvalue weighted by Gasteiger charge is 2.32. The van der Waals surface area contributed by atoms with Crippen LogP contribution < -0.4 is 48.7 Å². The first-order valence-corrected chi connectivity index (χ1v) is 22.1. The molecule has 0 aliphatic carbocycles. The summed E-state index contributed by atoms with van der Waals surface area (Å²) in [5.41, 5.74) is 12.0. The van der Waals surface area contributed by atoms with Crippen LogP contribution >= 0.6 is 11.8 Å². The minimum Gasteiger partial charge on any atom is -0.508 e. The molecule has 1 saturated heterocycles. The third-order valence-corrected chi connectivity index (χ3v) is 10.5. The molecule has 340 valence electrons. The van der Waals surface area contributed by atoms with Gasteiger partial charge in [0.1, 0.15) is 36.0 Å². The summed E-state index contributed by atoms with van der Waals surface area (Å²) in [5, 5.41) is 38.8. The van der Waals surface area contributed by atoms with Gasteiger partial charge in [-0.2, -0.15) is 11.8 Å². The zero-order valence-corrected chi connectivity index (χ0v) is 36.3. The summed E-state index contributed by atoms with van der Waals surface area (Å²) in [5.74, 6) is -4.83. The summed E-state index contributed by atoms with van der Waals surface area (Å²) >= 11 is 1.41. The number of aliphatic carboxylic acids is 1. The second-order valence-electron chi connectivity index (χ2n) is 15.5. The lowest BCUT2D eigenvalue weighted by Gasteiger charge is -2.26. The highest BCUT2D eigenvalue weighted by molar-refractivity contribution is 7.98. The fourth-order valence-corrected chi connectivity index (χ4v) is 7.11. The van der Waals surface area contributed by atoms with Crippen LogP contribution in [-0.2, 0) is 46.4 Å². The number of rotatable bonds is 26. The van der Waals surface area contributed by atoms with Crippen molar-refractivity contribution < 1.29 is 43.8 Å². The molecule has 19 nitrogen and oxygen atoms in total. The molecule has 1 heterocycles. The van der Waals surface area contributed by atoms with Gasteiger partial charge in [-0.15, -0.1) is 0 Å². The Morgan fingerprint density at radius 1 is 0.774 bits per heavy atom. The molecule has 0 saturated carbocycles. The minimum atomic E-state index is -1.32. The number of amides is 6. The molecule has 1 aliphatic rings. The summed E-state index contributed by atoms with van der Waals surface area (Å²) in [4.78, 5) is 97.3. The number of thioether (sulfide) groups is 1. The molecule has 62 heavy (non-hydrogen) atoms. The Balaban J connectivity index is 1.79. The van der Waals surface area contributed by atoms with Gasteiger partial charge in [-0.1, -0.05) is 56.3 Å². The van der Waals surface area contributed by atoms with Gasteiger partial charge in [-0.25, -0.2) is 4.79 Å². The van der Waals surface area contributed by atoms with E-state index in [4.69, 9.17) is 11.5 Å². The number of hydrogen-bond donors (Lipinski definition) is 11. The molecule has 0 radical (unpaired) electrons. The van der Waals surface area contributed by atoms with Crippen molar-refractivity contribution in [3.05, 3.63) is 65.7 Å². The fraction of sp³-hybridized carbons (Fsp3) is 0.524. The Hall–Kier alpha value is -5.89. The Morgan fingerprint density at radius 3 is 1.95 bits per heavy atom. The first kappa shape index (κ1) is 50.5. The maximum atomic E-state index is 14.1. The lowest BCUT2D eigenvalue weighted by atomic mass is 10.0. The summed E-state index contributed by atoms with van der Waals surface area (Å²) in [6, 6.07) is 8.39. The second kappa shape index (κ2) is 26.4. The quantitative estimate of drug-likeness (QED) is 0.0320. The number of carboxylic acids is 1. The summed E-state index contributed by atoms with van der Waals surface area (Å²) in [6.07, 6.45) is 3.92. The van der Waals surface area contributed by atoms with E-state index in [1.165, 1.54) is 23.9 Å². The van der Waals surface area contributed by atoms with Gasteiger partial charge in [-0.05, 0) is 86.3 Å². The summed E-state index contributed by atoms with van der Waals surface area (Å²) in [7, 11) is 0. The van der Waals surface area contributed by atoms with Gasteiger partial charge in [0.15, 0.2) is 5.96 Å². The van der Waals surface area contributed by atoms with E-state index < -0.39 is 78.3 Å². The van der Waals surface area contributed by atoms with Gasteiger partial charge in [0.25, 0.3) is 0 Å². The molecule has 20 heteroatoms. The molecule has 1 aliphatic heterocycles. The molecule has 3 rings (SSSR count). The molecule has 0 bridgehead atoms. The molecule has 6 unspecified atom stereocenters. The van der Waals surface area contributed by atoms with Crippen molar-refractivity contribution in [2.24, 2.45) is 22.4 Å². The van der Waals surface area contributed by atoms with Crippen LogP contribution in [0.1, 0.15) is 63.5 Å². The molecule has 6 atom stereocenters. The molecular weight excluding hydrogens is 821 g/mol. The Labute approximate surface area is 366 Å². The number of carbonyl (C=O) groups excluding carboxylic acids is 6. The molecule has 2 aromatic carbocycles. The Kier molecular flexibility index (Phi) is 21.5. The number of carboxylic acid groups (broad SMARTS) is 1. The van der Waals surface area contributed by atoms with Crippen molar-refractivity contribution in [3.8, 4) is 5.75 Å². The fourth-order valence-electron chi connectivity index (χ4n) is 6.64. The predicted molar refractivity (Wildman–Crippen MR) is 236 cm³/mol.